The maximum Gasteiger partial charge on any atom is 0.375 e. The number of benzene rings is 1. The van der Waals surface area contributed by atoms with Gasteiger partial charge in [-0.15, -0.1) is 5.10 Å². The van der Waals surface area contributed by atoms with Gasteiger partial charge in [-0.3, -0.25) is 4.98 Å². The topological polar surface area (TPSA) is 80.4 Å². The Morgan fingerprint density at radius 2 is 2.05 bits per heavy atom. The van der Waals surface area contributed by atoms with Gasteiger partial charge in [0.1, 0.15) is 0 Å². The minimum Gasteiger partial charge on any atom is -0.475 e. The van der Waals surface area contributed by atoms with Gasteiger partial charge < -0.3 is 5.11 Å². The Labute approximate surface area is 110 Å². The second kappa shape index (κ2) is 4.34. The molecule has 8 heteroatoms. The number of aromatic nitrogens is 4. The van der Waals surface area contributed by atoms with Gasteiger partial charge in [-0.2, -0.15) is 4.98 Å². The second-order valence-corrected chi connectivity index (χ2v) is 3.94. The lowest BCUT2D eigenvalue weighted by atomic mass is 10.1. The minimum atomic E-state index is -1.26. The van der Waals surface area contributed by atoms with Crippen molar-refractivity contribution in [1.29, 1.82) is 0 Å². The molecule has 0 atom stereocenters. The molecule has 0 spiro atoms. The molecule has 3 aromatic rings. The van der Waals surface area contributed by atoms with Crippen LogP contribution in [0.25, 0.3) is 16.9 Å². The van der Waals surface area contributed by atoms with E-state index in [0.29, 0.717) is 11.3 Å². The summed E-state index contributed by atoms with van der Waals surface area (Å²) in [6.07, 6.45) is 2.69. The van der Waals surface area contributed by atoms with Gasteiger partial charge in [-0.25, -0.2) is 18.1 Å². The largest absolute Gasteiger partial charge is 0.475 e. The highest BCUT2D eigenvalue weighted by atomic mass is 19.2. The van der Waals surface area contributed by atoms with E-state index in [4.69, 9.17) is 5.11 Å². The Morgan fingerprint density at radius 3 is 2.75 bits per heavy atom. The van der Waals surface area contributed by atoms with Crippen molar-refractivity contribution in [3.63, 3.8) is 0 Å². The summed E-state index contributed by atoms with van der Waals surface area (Å²) in [4.78, 5) is 18.5. The first kappa shape index (κ1) is 12.2. The van der Waals surface area contributed by atoms with Crippen LogP contribution in [0.15, 0.2) is 30.6 Å². The van der Waals surface area contributed by atoms with E-state index in [0.717, 1.165) is 12.1 Å². The van der Waals surface area contributed by atoms with Crippen molar-refractivity contribution in [1.82, 2.24) is 19.6 Å². The molecule has 0 saturated heterocycles. The summed E-state index contributed by atoms with van der Waals surface area (Å²) in [7, 11) is 0. The Hall–Kier alpha value is -2.90. The third kappa shape index (κ3) is 1.96. The van der Waals surface area contributed by atoms with Crippen LogP contribution < -0.4 is 0 Å². The lowest BCUT2D eigenvalue weighted by Crippen LogP contribution is -1.99. The number of hydrogen-bond donors (Lipinski definition) is 1. The lowest BCUT2D eigenvalue weighted by molar-refractivity contribution is 0.0684. The van der Waals surface area contributed by atoms with Gasteiger partial charge in [0, 0.05) is 5.56 Å². The van der Waals surface area contributed by atoms with Crippen LogP contribution in [0.3, 0.4) is 0 Å². The summed E-state index contributed by atoms with van der Waals surface area (Å²) < 4.78 is 27.3. The number of carbonyl (C=O) groups is 1. The zero-order valence-corrected chi connectivity index (χ0v) is 9.79. The number of nitrogens with zero attached hydrogens (tertiary/aromatic N) is 4. The smallest absolute Gasteiger partial charge is 0.375 e. The predicted octanol–water partition coefficient (Wildman–Crippen LogP) is 1.77. The lowest BCUT2D eigenvalue weighted by Gasteiger charge is -2.01. The van der Waals surface area contributed by atoms with Gasteiger partial charge in [0.05, 0.1) is 18.1 Å². The molecule has 0 amide bonds. The molecule has 0 aliphatic rings. The van der Waals surface area contributed by atoms with Crippen molar-refractivity contribution >= 4 is 11.6 Å². The average molecular weight is 276 g/mol. The fourth-order valence-electron chi connectivity index (χ4n) is 1.69. The van der Waals surface area contributed by atoms with E-state index in [1.165, 1.54) is 23.0 Å². The van der Waals surface area contributed by atoms with Gasteiger partial charge >= 0.3 is 5.97 Å². The summed E-state index contributed by atoms with van der Waals surface area (Å²) in [6.45, 7) is 0. The molecule has 0 radical (unpaired) electrons. The molecule has 1 aromatic carbocycles. The highest BCUT2D eigenvalue weighted by Crippen LogP contribution is 2.19. The summed E-state index contributed by atoms with van der Waals surface area (Å²) in [5.41, 5.74) is 0.908. The SMILES string of the molecule is O=C(O)c1nc2cnc(-c3ccc(F)c(F)c3)cn2n1. The molecule has 0 unspecified atom stereocenters. The zero-order chi connectivity index (χ0) is 14.3. The fraction of sp³-hybridized carbons (Fsp3) is 0. The molecule has 0 fully saturated rings. The van der Waals surface area contributed by atoms with Gasteiger partial charge in [-0.1, -0.05) is 0 Å². The van der Waals surface area contributed by atoms with Crippen molar-refractivity contribution < 1.29 is 18.7 Å². The molecule has 0 saturated carbocycles. The maximum atomic E-state index is 13.2. The van der Waals surface area contributed by atoms with E-state index in [-0.39, 0.29) is 11.5 Å². The number of carboxylic acid groups (broad SMARTS) is 1. The molecule has 20 heavy (non-hydrogen) atoms. The normalized spacial score (nSPS) is 10.9. The van der Waals surface area contributed by atoms with Gasteiger partial charge in [0.25, 0.3) is 5.82 Å². The van der Waals surface area contributed by atoms with Crippen LogP contribution >= 0.6 is 0 Å². The summed E-state index contributed by atoms with van der Waals surface area (Å²) in [6, 6.07) is 3.35. The van der Waals surface area contributed by atoms with Crippen molar-refractivity contribution in [2.24, 2.45) is 0 Å². The fourth-order valence-corrected chi connectivity index (χ4v) is 1.69. The first-order valence-electron chi connectivity index (χ1n) is 5.46. The average Bonchev–Trinajstić information content (AvgIpc) is 2.85. The quantitative estimate of drug-likeness (QED) is 0.771. The summed E-state index contributed by atoms with van der Waals surface area (Å²) in [5, 5.41) is 12.5. The Bertz CT molecular complexity index is 831. The maximum absolute atomic E-state index is 13.2. The van der Waals surface area contributed by atoms with E-state index in [1.54, 1.807) is 0 Å². The third-order valence-electron chi connectivity index (χ3n) is 2.63. The first-order chi connectivity index (χ1) is 9.54. The van der Waals surface area contributed by atoms with Crippen LogP contribution in [-0.2, 0) is 0 Å². The number of halogens is 2. The molecule has 0 bridgehead atoms. The predicted molar refractivity (Wildman–Crippen MR) is 63.1 cm³/mol. The summed E-state index contributed by atoms with van der Waals surface area (Å²) in [5.74, 6) is -3.57. The highest BCUT2D eigenvalue weighted by Gasteiger charge is 2.12. The number of hydrogen-bond acceptors (Lipinski definition) is 4. The molecule has 0 aliphatic carbocycles. The molecule has 6 nitrogen and oxygen atoms in total. The van der Waals surface area contributed by atoms with Crippen LogP contribution in [0.1, 0.15) is 10.6 Å². The molecule has 100 valence electrons. The van der Waals surface area contributed by atoms with E-state index in [9.17, 15) is 13.6 Å². The number of aromatic carboxylic acids is 1. The second-order valence-electron chi connectivity index (χ2n) is 3.94. The molecule has 1 N–H and O–H groups in total. The molecule has 2 heterocycles. The molecule has 0 aliphatic heterocycles. The van der Waals surface area contributed by atoms with Crippen LogP contribution in [0.5, 0.6) is 0 Å². The number of fused-ring (bicyclic) bond motifs is 1. The third-order valence-corrected chi connectivity index (χ3v) is 2.63. The van der Waals surface area contributed by atoms with Crippen molar-refractivity contribution in [3.05, 3.63) is 48.1 Å². The van der Waals surface area contributed by atoms with Crippen molar-refractivity contribution in [2.45, 2.75) is 0 Å². The monoisotopic (exact) mass is 276 g/mol. The number of rotatable bonds is 2. The van der Waals surface area contributed by atoms with E-state index in [1.807, 2.05) is 0 Å². The molecular weight excluding hydrogens is 270 g/mol. The van der Waals surface area contributed by atoms with Crippen LogP contribution in [0, 0.1) is 11.6 Å². The molecule has 2 aromatic heterocycles. The first-order valence-corrected chi connectivity index (χ1v) is 5.46. The number of carboxylic acids is 1. The van der Waals surface area contributed by atoms with Gasteiger partial charge in [0.2, 0.25) is 0 Å². The van der Waals surface area contributed by atoms with Gasteiger partial charge in [0.15, 0.2) is 17.3 Å². The highest BCUT2D eigenvalue weighted by molar-refractivity contribution is 5.83. The minimum absolute atomic E-state index is 0.244. The van der Waals surface area contributed by atoms with Crippen LogP contribution in [0.4, 0.5) is 8.78 Å². The molecular formula is C12H6F2N4O2. The Balaban J connectivity index is 2.12. The Kier molecular flexibility index (Phi) is 2.63. The molecule has 3 rings (SSSR count). The van der Waals surface area contributed by atoms with Crippen LogP contribution in [0.2, 0.25) is 0 Å². The van der Waals surface area contributed by atoms with Crippen molar-refractivity contribution in [2.75, 3.05) is 0 Å². The van der Waals surface area contributed by atoms with Crippen molar-refractivity contribution in [3.8, 4) is 11.3 Å². The van der Waals surface area contributed by atoms with Crippen LogP contribution in [-0.4, -0.2) is 30.7 Å². The summed E-state index contributed by atoms with van der Waals surface area (Å²) >= 11 is 0. The Morgan fingerprint density at radius 1 is 1.25 bits per heavy atom. The standard InChI is InChI=1S/C12H6F2N4O2/c13-7-2-1-6(3-8(7)14)9-5-18-10(4-15-9)16-11(17-18)12(19)20/h1-5H,(H,19,20). The van der Waals surface area contributed by atoms with E-state index < -0.39 is 17.6 Å². The zero-order valence-electron chi connectivity index (χ0n) is 9.79. The van der Waals surface area contributed by atoms with Gasteiger partial charge in [-0.05, 0) is 18.2 Å². The van der Waals surface area contributed by atoms with E-state index >= 15 is 0 Å². The van der Waals surface area contributed by atoms with E-state index in [2.05, 4.69) is 15.1 Å².